The Kier molecular flexibility index (Phi) is 5.34. The van der Waals surface area contributed by atoms with Gasteiger partial charge in [0.2, 0.25) is 0 Å². The number of rotatable bonds is 5. The van der Waals surface area contributed by atoms with Crippen LogP contribution in [-0.4, -0.2) is 30.4 Å². The first-order chi connectivity index (χ1) is 8.77. The zero-order valence-corrected chi connectivity index (χ0v) is 13.6. The number of carbonyl (C=O) groups is 1. The molecule has 0 aliphatic rings. The van der Waals surface area contributed by atoms with Crippen molar-refractivity contribution < 1.29 is 13.7 Å². The fraction of sp³-hybridized carbons (Fsp3) is 0.385. The van der Waals surface area contributed by atoms with Crippen LogP contribution in [0.5, 0.6) is 0 Å². The maximum absolute atomic E-state index is 13.1. The van der Waals surface area contributed by atoms with E-state index in [4.69, 9.17) is 4.74 Å². The van der Waals surface area contributed by atoms with E-state index < -0.39 is 23.9 Å². The van der Waals surface area contributed by atoms with Crippen LogP contribution < -0.4 is 4.39 Å². The molecule has 0 radical (unpaired) electrons. The SMILES string of the molecule is CCOC(=O)C=S(=O)(N[Si](C)(C)C)c1ccccc1. The summed E-state index contributed by atoms with van der Waals surface area (Å²) in [5.41, 5.74) is 0. The molecule has 0 saturated heterocycles. The van der Waals surface area contributed by atoms with Crippen LogP contribution in [0.2, 0.25) is 19.6 Å². The van der Waals surface area contributed by atoms with Crippen LogP contribution in [0, 0.1) is 0 Å². The minimum Gasteiger partial charge on any atom is -0.462 e. The van der Waals surface area contributed by atoms with Crippen LogP contribution in [0.25, 0.3) is 0 Å². The quantitative estimate of drug-likeness (QED) is 0.514. The van der Waals surface area contributed by atoms with Crippen LogP contribution in [-0.2, 0) is 19.2 Å². The van der Waals surface area contributed by atoms with E-state index in [9.17, 15) is 9.00 Å². The Hall–Kier alpha value is -1.11. The van der Waals surface area contributed by atoms with Gasteiger partial charge in [0.05, 0.1) is 21.7 Å². The first-order valence-corrected chi connectivity index (χ1v) is 11.3. The summed E-state index contributed by atoms with van der Waals surface area (Å²) in [5, 5.41) is 1.17. The van der Waals surface area contributed by atoms with Gasteiger partial charge in [0, 0.05) is 4.90 Å². The zero-order valence-electron chi connectivity index (χ0n) is 11.8. The Bertz CT molecular complexity index is 543. The van der Waals surface area contributed by atoms with Crippen molar-refractivity contribution >= 4 is 29.3 Å². The summed E-state index contributed by atoms with van der Waals surface area (Å²) in [6, 6.07) is 8.97. The van der Waals surface area contributed by atoms with Crippen LogP contribution >= 0.6 is 0 Å². The molecule has 6 heteroatoms. The molecule has 1 atom stereocenters. The van der Waals surface area contributed by atoms with Crippen LogP contribution in [0.3, 0.4) is 0 Å². The first kappa shape index (κ1) is 15.9. The summed E-state index contributed by atoms with van der Waals surface area (Å²) >= 11 is 0. The van der Waals surface area contributed by atoms with Gasteiger partial charge in [-0.15, -0.1) is 0 Å². The third-order valence-electron chi connectivity index (χ3n) is 2.10. The molecule has 0 aliphatic carbocycles. The van der Waals surface area contributed by atoms with E-state index in [1.54, 1.807) is 31.2 Å². The Labute approximate surface area is 116 Å². The Morgan fingerprint density at radius 2 is 1.89 bits per heavy atom. The fourth-order valence-corrected chi connectivity index (χ4v) is 6.93. The van der Waals surface area contributed by atoms with Gasteiger partial charge >= 0.3 is 5.97 Å². The number of esters is 1. The molecular weight excluding hydrogens is 278 g/mol. The normalized spacial score (nSPS) is 14.5. The zero-order chi connectivity index (χ0) is 14.5. The molecule has 1 aromatic carbocycles. The van der Waals surface area contributed by atoms with Gasteiger partial charge in [0.15, 0.2) is 0 Å². The predicted molar refractivity (Wildman–Crippen MR) is 82.0 cm³/mol. The molecule has 0 aliphatic heterocycles. The molecule has 0 aromatic heterocycles. The van der Waals surface area contributed by atoms with Gasteiger partial charge in [-0.3, -0.25) is 4.39 Å². The van der Waals surface area contributed by atoms with Crippen molar-refractivity contribution in [1.82, 2.24) is 4.39 Å². The molecule has 0 spiro atoms. The highest BCUT2D eigenvalue weighted by Gasteiger charge is 2.22. The number of nitrogens with one attached hydrogen (secondary N) is 1. The standard InChI is InChI=1S/C13H21NO3SSi/c1-5-17-13(15)11-18(16,14-19(2,3)4)12-9-7-6-8-10-12/h6-11H,5H2,1-4H3,(H,14,16). The number of benzene rings is 1. The molecule has 1 aromatic rings. The highest BCUT2D eigenvalue weighted by atomic mass is 32.2. The third-order valence-corrected chi connectivity index (χ3v) is 7.26. The summed E-state index contributed by atoms with van der Waals surface area (Å²) < 4.78 is 21.1. The van der Waals surface area contributed by atoms with Gasteiger partial charge < -0.3 is 4.74 Å². The number of ether oxygens (including phenoxy) is 1. The lowest BCUT2D eigenvalue weighted by Crippen LogP contribution is -2.46. The highest BCUT2D eigenvalue weighted by Crippen LogP contribution is 2.11. The summed E-state index contributed by atoms with van der Waals surface area (Å²) in [5.74, 6) is -0.554. The molecule has 1 rings (SSSR count). The Morgan fingerprint density at radius 1 is 1.32 bits per heavy atom. The smallest absolute Gasteiger partial charge is 0.340 e. The lowest BCUT2D eigenvalue weighted by molar-refractivity contribution is -0.134. The average molecular weight is 299 g/mol. The number of hydrogen-bond acceptors (Lipinski definition) is 3. The summed E-state index contributed by atoms with van der Waals surface area (Å²) in [6.07, 6.45) is 0. The minimum absolute atomic E-state index is 0.270. The lowest BCUT2D eigenvalue weighted by Gasteiger charge is -2.22. The number of hydrogen-bond donors (Lipinski definition) is 1. The lowest BCUT2D eigenvalue weighted by atomic mass is 10.4. The van der Waals surface area contributed by atoms with E-state index in [2.05, 4.69) is 4.39 Å². The van der Waals surface area contributed by atoms with E-state index in [0.29, 0.717) is 4.90 Å². The predicted octanol–water partition coefficient (Wildman–Crippen LogP) is 2.03. The van der Waals surface area contributed by atoms with E-state index >= 15 is 0 Å². The minimum atomic E-state index is -2.73. The monoisotopic (exact) mass is 299 g/mol. The topological polar surface area (TPSA) is 55.4 Å². The van der Waals surface area contributed by atoms with Crippen molar-refractivity contribution in [2.45, 2.75) is 31.5 Å². The Balaban J connectivity index is 3.27. The van der Waals surface area contributed by atoms with E-state index in [0.717, 1.165) is 0 Å². The van der Waals surface area contributed by atoms with Crippen LogP contribution in [0.15, 0.2) is 35.2 Å². The fourth-order valence-electron chi connectivity index (χ4n) is 1.55. The van der Waals surface area contributed by atoms with E-state index in [-0.39, 0.29) is 6.61 Å². The summed E-state index contributed by atoms with van der Waals surface area (Å²) in [7, 11) is -4.56. The van der Waals surface area contributed by atoms with E-state index in [1.807, 2.05) is 25.7 Å². The van der Waals surface area contributed by atoms with Gasteiger partial charge in [0.25, 0.3) is 0 Å². The highest BCUT2D eigenvalue weighted by molar-refractivity contribution is 8.01. The molecular formula is C13H21NO3SSi. The van der Waals surface area contributed by atoms with Gasteiger partial charge in [-0.05, 0) is 19.1 Å². The van der Waals surface area contributed by atoms with Gasteiger partial charge in [-0.2, -0.15) is 0 Å². The van der Waals surface area contributed by atoms with Crippen molar-refractivity contribution in [3.63, 3.8) is 0 Å². The number of carbonyl (C=O) groups excluding carboxylic acids is 1. The summed E-state index contributed by atoms with van der Waals surface area (Å²) in [4.78, 5) is 12.2. The molecule has 106 valence electrons. The van der Waals surface area contributed by atoms with Gasteiger partial charge in [-0.1, -0.05) is 37.8 Å². The van der Waals surface area contributed by atoms with Gasteiger partial charge in [-0.25, -0.2) is 9.00 Å². The van der Waals surface area contributed by atoms with Gasteiger partial charge in [0.1, 0.15) is 8.24 Å². The van der Waals surface area contributed by atoms with Crippen molar-refractivity contribution in [2.24, 2.45) is 0 Å². The second kappa shape index (κ2) is 6.36. The van der Waals surface area contributed by atoms with Crippen molar-refractivity contribution in [3.05, 3.63) is 30.3 Å². The molecule has 19 heavy (non-hydrogen) atoms. The molecule has 0 heterocycles. The molecule has 1 unspecified atom stereocenters. The van der Waals surface area contributed by atoms with E-state index in [1.165, 1.54) is 5.37 Å². The largest absolute Gasteiger partial charge is 0.462 e. The second-order valence-electron chi connectivity index (χ2n) is 5.14. The van der Waals surface area contributed by atoms with Crippen molar-refractivity contribution in [3.8, 4) is 0 Å². The molecule has 0 amide bonds. The maximum Gasteiger partial charge on any atom is 0.340 e. The van der Waals surface area contributed by atoms with Crippen molar-refractivity contribution in [2.75, 3.05) is 6.61 Å². The Morgan fingerprint density at radius 3 is 2.37 bits per heavy atom. The van der Waals surface area contributed by atoms with Crippen LogP contribution in [0.4, 0.5) is 0 Å². The molecule has 1 N–H and O–H groups in total. The van der Waals surface area contributed by atoms with Crippen LogP contribution in [0.1, 0.15) is 6.92 Å². The molecule has 0 saturated carbocycles. The summed E-state index contributed by atoms with van der Waals surface area (Å²) in [6.45, 7) is 8.10. The molecule has 0 fully saturated rings. The van der Waals surface area contributed by atoms with Crippen molar-refractivity contribution in [1.29, 1.82) is 0 Å². The second-order valence-corrected chi connectivity index (χ2v) is 12.4. The maximum atomic E-state index is 13.1. The average Bonchev–Trinajstić information content (AvgIpc) is 2.27. The molecule has 4 nitrogen and oxygen atoms in total. The first-order valence-electron chi connectivity index (χ1n) is 6.16. The third kappa shape index (κ3) is 5.18. The molecule has 0 bridgehead atoms.